The Balaban J connectivity index is 1.67. The molecule has 1 aliphatic heterocycles. The maximum Gasteiger partial charge on any atom is 0.418 e. The van der Waals surface area contributed by atoms with Crippen molar-refractivity contribution >= 4 is 17.1 Å². The molecule has 1 unspecified atom stereocenters. The van der Waals surface area contributed by atoms with Crippen LogP contribution in [0.4, 0.5) is 0 Å². The fraction of sp³-hybridized carbons (Fsp3) is 0.333. The molecule has 0 bridgehead atoms. The number of hydrogen-bond donors (Lipinski definition) is 1. The van der Waals surface area contributed by atoms with Crippen molar-refractivity contribution in [1.82, 2.24) is 20.0 Å². The first-order valence-electron chi connectivity index (χ1n) is 7.36. The molecule has 118 valence electrons. The minimum Gasteiger partial charge on any atom is -0.406 e. The predicted molar refractivity (Wildman–Crippen MR) is 78.9 cm³/mol. The van der Waals surface area contributed by atoms with Crippen LogP contribution < -0.4 is 5.76 Å². The van der Waals surface area contributed by atoms with E-state index >= 15 is 0 Å². The van der Waals surface area contributed by atoms with E-state index in [-0.39, 0.29) is 23.3 Å². The van der Waals surface area contributed by atoms with E-state index < -0.39 is 5.76 Å². The van der Waals surface area contributed by atoms with Crippen LogP contribution in [0, 0.1) is 6.92 Å². The Morgan fingerprint density at radius 2 is 2.30 bits per heavy atom. The first-order valence-corrected chi connectivity index (χ1v) is 7.36. The van der Waals surface area contributed by atoms with E-state index in [4.69, 9.17) is 8.94 Å². The molecule has 1 N–H and O–H groups in total. The number of likely N-dealkylation sites (tertiary alicyclic amines) is 1. The Kier molecular flexibility index (Phi) is 3.03. The second-order valence-corrected chi connectivity index (χ2v) is 5.58. The van der Waals surface area contributed by atoms with Gasteiger partial charge in [0, 0.05) is 12.6 Å². The van der Waals surface area contributed by atoms with E-state index in [1.807, 2.05) is 13.0 Å². The first-order chi connectivity index (χ1) is 11.1. The molecule has 0 spiro atoms. The second kappa shape index (κ2) is 5.08. The van der Waals surface area contributed by atoms with Gasteiger partial charge in [0.2, 0.25) is 0 Å². The summed E-state index contributed by atoms with van der Waals surface area (Å²) in [6.45, 7) is 2.48. The van der Waals surface area contributed by atoms with Gasteiger partial charge in [-0.25, -0.2) is 9.78 Å². The Morgan fingerprint density at radius 1 is 1.43 bits per heavy atom. The summed E-state index contributed by atoms with van der Waals surface area (Å²) in [5.41, 5.74) is 1.65. The lowest BCUT2D eigenvalue weighted by atomic mass is 10.1. The van der Waals surface area contributed by atoms with Gasteiger partial charge in [0.25, 0.3) is 5.91 Å². The van der Waals surface area contributed by atoms with Crippen LogP contribution in [0.1, 0.15) is 40.8 Å². The number of nitrogens with one attached hydrogen (secondary N) is 1. The zero-order chi connectivity index (χ0) is 16.0. The van der Waals surface area contributed by atoms with Crippen LogP contribution in [0.2, 0.25) is 0 Å². The van der Waals surface area contributed by atoms with Gasteiger partial charge in [0.15, 0.2) is 17.0 Å². The summed E-state index contributed by atoms with van der Waals surface area (Å²) in [4.78, 5) is 32.3. The van der Waals surface area contributed by atoms with Crippen molar-refractivity contribution in [3.05, 3.63) is 45.9 Å². The molecule has 1 aliphatic rings. The molecular weight excluding hydrogens is 300 g/mol. The fourth-order valence-electron chi connectivity index (χ4n) is 2.95. The largest absolute Gasteiger partial charge is 0.418 e. The van der Waals surface area contributed by atoms with Gasteiger partial charge in [-0.1, -0.05) is 5.16 Å². The second-order valence-electron chi connectivity index (χ2n) is 5.58. The van der Waals surface area contributed by atoms with Gasteiger partial charge in [0.1, 0.15) is 5.69 Å². The average molecular weight is 314 g/mol. The highest BCUT2D eigenvalue weighted by Gasteiger charge is 2.33. The number of aromatic nitrogens is 3. The number of aryl methyl sites for hydroxylation is 1. The van der Waals surface area contributed by atoms with Gasteiger partial charge in [0.05, 0.1) is 11.7 Å². The van der Waals surface area contributed by atoms with Crippen molar-refractivity contribution in [1.29, 1.82) is 0 Å². The van der Waals surface area contributed by atoms with E-state index in [1.165, 1.54) is 0 Å². The summed E-state index contributed by atoms with van der Waals surface area (Å²) >= 11 is 0. The molecule has 3 aromatic heterocycles. The molecule has 4 rings (SSSR count). The summed E-state index contributed by atoms with van der Waals surface area (Å²) < 4.78 is 10.2. The van der Waals surface area contributed by atoms with Gasteiger partial charge in [-0.3, -0.25) is 9.78 Å². The van der Waals surface area contributed by atoms with E-state index in [2.05, 4.69) is 15.1 Å². The monoisotopic (exact) mass is 314 g/mol. The number of H-pyrrole nitrogens is 1. The summed E-state index contributed by atoms with van der Waals surface area (Å²) in [7, 11) is 0. The zero-order valence-corrected chi connectivity index (χ0v) is 12.4. The van der Waals surface area contributed by atoms with Gasteiger partial charge >= 0.3 is 5.76 Å². The standard InChI is InChI=1S/C15H14N4O4/c1-8-7-12(23-18-8)10-3-2-6-19(10)14(20)9-4-5-11-13(16-9)17-15(21)22-11/h4-5,7,10H,2-3,6H2,1H3,(H,16,17,21). The molecule has 23 heavy (non-hydrogen) atoms. The lowest BCUT2D eigenvalue weighted by Gasteiger charge is -2.22. The van der Waals surface area contributed by atoms with Crippen LogP contribution in [0.15, 0.2) is 31.9 Å². The van der Waals surface area contributed by atoms with Gasteiger partial charge < -0.3 is 13.8 Å². The van der Waals surface area contributed by atoms with E-state index in [9.17, 15) is 9.59 Å². The maximum absolute atomic E-state index is 12.8. The lowest BCUT2D eigenvalue weighted by molar-refractivity contribution is 0.0709. The third-order valence-corrected chi connectivity index (χ3v) is 3.99. The van der Waals surface area contributed by atoms with E-state index in [1.54, 1.807) is 17.0 Å². The third kappa shape index (κ3) is 2.32. The average Bonchev–Trinajstić information content (AvgIpc) is 3.23. The van der Waals surface area contributed by atoms with Crippen LogP contribution in [0.5, 0.6) is 0 Å². The van der Waals surface area contributed by atoms with Crippen molar-refractivity contribution in [3.63, 3.8) is 0 Å². The number of pyridine rings is 1. The number of fused-ring (bicyclic) bond motifs is 1. The van der Waals surface area contributed by atoms with Crippen LogP contribution in [0.3, 0.4) is 0 Å². The molecule has 8 nitrogen and oxygen atoms in total. The Bertz CT molecular complexity index is 938. The summed E-state index contributed by atoms with van der Waals surface area (Å²) in [5.74, 6) is -0.107. The van der Waals surface area contributed by atoms with Crippen LogP contribution in [0.25, 0.3) is 11.2 Å². The highest BCUT2D eigenvalue weighted by atomic mass is 16.5. The van der Waals surface area contributed by atoms with E-state index in [0.29, 0.717) is 17.9 Å². The Hall–Kier alpha value is -2.90. The van der Waals surface area contributed by atoms with Crippen molar-refractivity contribution in [2.24, 2.45) is 0 Å². The zero-order valence-electron chi connectivity index (χ0n) is 12.4. The van der Waals surface area contributed by atoms with Crippen LogP contribution in [-0.4, -0.2) is 32.5 Å². The quantitative estimate of drug-likeness (QED) is 0.773. The molecule has 8 heteroatoms. The molecule has 0 aromatic carbocycles. The molecule has 4 heterocycles. The smallest absolute Gasteiger partial charge is 0.406 e. The van der Waals surface area contributed by atoms with Gasteiger partial charge in [-0.05, 0) is 31.9 Å². The molecule has 0 saturated carbocycles. The van der Waals surface area contributed by atoms with Crippen LogP contribution >= 0.6 is 0 Å². The normalized spacial score (nSPS) is 18.0. The number of carbonyl (C=O) groups is 1. The molecule has 3 aromatic rings. The highest BCUT2D eigenvalue weighted by Crippen LogP contribution is 2.33. The Labute approximate surface area is 130 Å². The topological polar surface area (TPSA) is 105 Å². The molecule has 0 aliphatic carbocycles. The summed E-state index contributed by atoms with van der Waals surface area (Å²) in [5, 5.41) is 3.89. The molecule has 1 fully saturated rings. The Morgan fingerprint density at radius 3 is 3.09 bits per heavy atom. The molecule has 1 amide bonds. The van der Waals surface area contributed by atoms with Crippen molar-refractivity contribution < 1.29 is 13.7 Å². The third-order valence-electron chi connectivity index (χ3n) is 3.99. The minimum atomic E-state index is -0.590. The van der Waals surface area contributed by atoms with Gasteiger partial charge in [-0.2, -0.15) is 0 Å². The predicted octanol–water partition coefficient (Wildman–Crippen LogP) is 1.79. The molecule has 1 saturated heterocycles. The summed E-state index contributed by atoms with van der Waals surface area (Å²) in [6.07, 6.45) is 1.71. The number of amides is 1. The number of rotatable bonds is 2. The van der Waals surface area contributed by atoms with E-state index in [0.717, 1.165) is 18.5 Å². The van der Waals surface area contributed by atoms with Gasteiger partial charge in [-0.15, -0.1) is 0 Å². The number of aromatic amines is 1. The van der Waals surface area contributed by atoms with Crippen molar-refractivity contribution in [2.75, 3.05) is 6.54 Å². The lowest BCUT2D eigenvalue weighted by Crippen LogP contribution is -2.31. The number of nitrogens with zero attached hydrogens (tertiary/aromatic N) is 3. The molecule has 1 atom stereocenters. The van der Waals surface area contributed by atoms with Crippen molar-refractivity contribution in [2.45, 2.75) is 25.8 Å². The molecule has 0 radical (unpaired) electrons. The fourth-order valence-corrected chi connectivity index (χ4v) is 2.95. The van der Waals surface area contributed by atoms with Crippen LogP contribution in [-0.2, 0) is 0 Å². The minimum absolute atomic E-state index is 0.135. The first kappa shape index (κ1) is 13.7. The number of carbonyl (C=O) groups excluding carboxylic acids is 1. The molecular formula is C15H14N4O4. The highest BCUT2D eigenvalue weighted by molar-refractivity contribution is 5.94. The SMILES string of the molecule is Cc1cc(C2CCCN2C(=O)c2ccc3oc(=O)[nH]c3n2)on1. The maximum atomic E-state index is 12.8. The number of oxazole rings is 1. The van der Waals surface area contributed by atoms with Crippen molar-refractivity contribution in [3.8, 4) is 0 Å². The summed E-state index contributed by atoms with van der Waals surface area (Å²) in [6, 6.07) is 4.84. The number of hydrogen-bond acceptors (Lipinski definition) is 6.